The van der Waals surface area contributed by atoms with Crippen molar-refractivity contribution in [2.45, 2.75) is 25.6 Å². The molecule has 4 aromatic rings. The molecular formula is C21H21FN6. The number of pyridine rings is 1. The second kappa shape index (κ2) is 5.97. The fraction of sp³-hybridized carbons (Fsp3) is 0.286. The molecule has 0 saturated heterocycles. The second-order valence-corrected chi connectivity index (χ2v) is 7.47. The number of rotatable bonds is 3. The van der Waals surface area contributed by atoms with Crippen molar-refractivity contribution in [2.75, 3.05) is 7.05 Å². The van der Waals surface area contributed by atoms with Gasteiger partial charge >= 0.3 is 0 Å². The molecule has 0 bridgehead atoms. The van der Waals surface area contributed by atoms with Gasteiger partial charge < -0.3 is 0 Å². The molecule has 1 unspecified atom stereocenters. The summed E-state index contributed by atoms with van der Waals surface area (Å²) >= 11 is 0. The van der Waals surface area contributed by atoms with Crippen molar-refractivity contribution in [3.8, 4) is 22.5 Å². The van der Waals surface area contributed by atoms with E-state index in [0.29, 0.717) is 6.42 Å². The number of halogens is 1. The van der Waals surface area contributed by atoms with E-state index >= 15 is 4.39 Å². The molecule has 1 aliphatic carbocycles. The molecule has 3 aromatic heterocycles. The maximum atomic E-state index is 15.0. The van der Waals surface area contributed by atoms with E-state index in [1.54, 1.807) is 24.1 Å². The number of fused-ring (bicyclic) bond motifs is 2. The Morgan fingerprint density at radius 3 is 2.86 bits per heavy atom. The van der Waals surface area contributed by atoms with Gasteiger partial charge in [0.25, 0.3) is 0 Å². The second-order valence-electron chi connectivity index (χ2n) is 7.47. The van der Waals surface area contributed by atoms with Crippen LogP contribution in [0.5, 0.6) is 0 Å². The number of H-pyrrole nitrogens is 1. The van der Waals surface area contributed by atoms with Crippen molar-refractivity contribution in [3.05, 3.63) is 53.5 Å². The first-order valence-electron chi connectivity index (χ1n) is 9.34. The van der Waals surface area contributed by atoms with Gasteiger partial charge in [0.1, 0.15) is 5.69 Å². The third-order valence-electron chi connectivity index (χ3n) is 5.71. The summed E-state index contributed by atoms with van der Waals surface area (Å²) in [6, 6.07) is 6.09. The minimum Gasteiger partial charge on any atom is -0.284 e. The third-order valence-corrected chi connectivity index (χ3v) is 5.71. The van der Waals surface area contributed by atoms with Crippen molar-refractivity contribution >= 4 is 10.9 Å². The summed E-state index contributed by atoms with van der Waals surface area (Å²) in [4.78, 5) is 4.63. The highest BCUT2D eigenvalue weighted by Gasteiger charge is 2.38. The summed E-state index contributed by atoms with van der Waals surface area (Å²) in [7, 11) is 3.56. The summed E-state index contributed by atoms with van der Waals surface area (Å²) < 4.78 is 16.8. The number of aromatic amines is 1. The largest absolute Gasteiger partial charge is 0.284 e. The highest BCUT2D eigenvalue weighted by atomic mass is 19.1. The fourth-order valence-electron chi connectivity index (χ4n) is 4.13. The van der Waals surface area contributed by atoms with Gasteiger partial charge in [0.15, 0.2) is 5.79 Å². The van der Waals surface area contributed by atoms with Crippen LogP contribution in [0, 0.1) is 6.92 Å². The fourth-order valence-corrected chi connectivity index (χ4v) is 4.13. The topological polar surface area (TPSA) is 71.4 Å². The Labute approximate surface area is 161 Å². The smallest absolute Gasteiger partial charge is 0.187 e. The first kappa shape index (κ1) is 17.1. The first-order chi connectivity index (χ1) is 13.5. The Hall–Kier alpha value is -3.06. The molecular weight excluding hydrogens is 355 g/mol. The molecule has 0 spiro atoms. The zero-order valence-electron chi connectivity index (χ0n) is 16.0. The SMILES string of the molecule is CNC1(F)CCc2cc(-c3cc4c(-c5cnn(C)c5)n[nH]c4cn3)c(C)cc21. The molecule has 0 saturated carbocycles. The zero-order chi connectivity index (χ0) is 19.5. The normalized spacial score (nSPS) is 18.7. The standard InChI is InChI=1S/C21H21FN6/c1-12-6-17-13(4-5-21(17,22)23-2)7-15(12)18-8-16-19(10-24-18)26-27-20(16)14-9-25-28(3)11-14/h6-11,23H,4-5H2,1-3H3,(H,26,27). The van der Waals surface area contributed by atoms with Crippen LogP contribution >= 0.6 is 0 Å². The van der Waals surface area contributed by atoms with Gasteiger partial charge in [0.2, 0.25) is 0 Å². The van der Waals surface area contributed by atoms with Crippen molar-refractivity contribution in [2.24, 2.45) is 7.05 Å². The van der Waals surface area contributed by atoms with E-state index in [4.69, 9.17) is 0 Å². The van der Waals surface area contributed by atoms with Gasteiger partial charge in [-0.25, -0.2) is 4.39 Å². The van der Waals surface area contributed by atoms with Gasteiger partial charge in [0.05, 0.1) is 23.6 Å². The van der Waals surface area contributed by atoms with Gasteiger partial charge in [-0.2, -0.15) is 10.2 Å². The Morgan fingerprint density at radius 1 is 1.25 bits per heavy atom. The molecule has 0 amide bonds. The molecule has 1 atom stereocenters. The van der Waals surface area contributed by atoms with E-state index in [9.17, 15) is 0 Å². The first-order valence-corrected chi connectivity index (χ1v) is 9.34. The molecule has 0 radical (unpaired) electrons. The number of hydrogen-bond donors (Lipinski definition) is 2. The Bertz CT molecular complexity index is 1210. The molecule has 7 heteroatoms. The molecule has 0 aliphatic heterocycles. The Balaban J connectivity index is 1.64. The molecule has 1 aromatic carbocycles. The molecule has 6 nitrogen and oxygen atoms in total. The van der Waals surface area contributed by atoms with Crippen LogP contribution in [-0.4, -0.2) is 32.0 Å². The highest BCUT2D eigenvalue weighted by Crippen LogP contribution is 2.41. The maximum Gasteiger partial charge on any atom is 0.187 e. The van der Waals surface area contributed by atoms with Gasteiger partial charge in [0, 0.05) is 41.7 Å². The van der Waals surface area contributed by atoms with E-state index in [1.807, 2.05) is 32.3 Å². The number of aromatic nitrogens is 5. The van der Waals surface area contributed by atoms with E-state index in [-0.39, 0.29) is 0 Å². The van der Waals surface area contributed by atoms with Crippen LogP contribution in [0.3, 0.4) is 0 Å². The lowest BCUT2D eigenvalue weighted by molar-refractivity contribution is 0.128. The van der Waals surface area contributed by atoms with Crippen molar-refractivity contribution in [1.29, 1.82) is 0 Å². The summed E-state index contributed by atoms with van der Waals surface area (Å²) in [5.41, 5.74) is 7.36. The molecule has 2 N–H and O–H groups in total. The summed E-state index contributed by atoms with van der Waals surface area (Å²) in [6.07, 6.45) is 6.72. The van der Waals surface area contributed by atoms with E-state index in [2.05, 4.69) is 31.7 Å². The Kier molecular flexibility index (Phi) is 3.64. The monoisotopic (exact) mass is 376 g/mol. The predicted molar refractivity (Wildman–Crippen MR) is 106 cm³/mol. The van der Waals surface area contributed by atoms with Crippen molar-refractivity contribution in [1.82, 2.24) is 30.3 Å². The van der Waals surface area contributed by atoms with Crippen LogP contribution < -0.4 is 5.32 Å². The molecule has 28 heavy (non-hydrogen) atoms. The lowest BCUT2D eigenvalue weighted by atomic mass is 9.96. The van der Waals surface area contributed by atoms with Crippen LogP contribution in [-0.2, 0) is 19.3 Å². The van der Waals surface area contributed by atoms with E-state index in [1.165, 1.54) is 0 Å². The Morgan fingerprint density at radius 2 is 2.11 bits per heavy atom. The minimum absolute atomic E-state index is 0.459. The maximum absolute atomic E-state index is 15.0. The van der Waals surface area contributed by atoms with Crippen LogP contribution in [0.15, 0.2) is 36.8 Å². The molecule has 3 heterocycles. The molecule has 1 aliphatic rings. The minimum atomic E-state index is -1.44. The van der Waals surface area contributed by atoms with Gasteiger partial charge in [-0.05, 0) is 43.7 Å². The number of aryl methyl sites for hydroxylation is 3. The number of benzene rings is 1. The van der Waals surface area contributed by atoms with E-state index in [0.717, 1.165) is 56.5 Å². The van der Waals surface area contributed by atoms with E-state index < -0.39 is 5.79 Å². The summed E-state index contributed by atoms with van der Waals surface area (Å²) in [6.45, 7) is 2.01. The van der Waals surface area contributed by atoms with Crippen molar-refractivity contribution < 1.29 is 4.39 Å². The lowest BCUT2D eigenvalue weighted by Gasteiger charge is -2.21. The van der Waals surface area contributed by atoms with Gasteiger partial charge in [-0.1, -0.05) is 6.07 Å². The molecule has 5 rings (SSSR count). The number of hydrogen-bond acceptors (Lipinski definition) is 4. The number of alkyl halides is 1. The quantitative estimate of drug-likeness (QED) is 0.536. The van der Waals surface area contributed by atoms with Crippen LogP contribution in [0.25, 0.3) is 33.4 Å². The number of nitrogens with zero attached hydrogens (tertiary/aromatic N) is 4. The zero-order valence-corrected chi connectivity index (χ0v) is 16.0. The third kappa shape index (κ3) is 2.46. The van der Waals surface area contributed by atoms with Gasteiger partial charge in [-0.15, -0.1) is 0 Å². The lowest BCUT2D eigenvalue weighted by Crippen LogP contribution is -2.32. The number of nitrogens with one attached hydrogen (secondary N) is 2. The summed E-state index contributed by atoms with van der Waals surface area (Å²) in [5.74, 6) is -1.44. The van der Waals surface area contributed by atoms with Gasteiger partial charge in [-0.3, -0.25) is 20.1 Å². The predicted octanol–water partition coefficient (Wildman–Crippen LogP) is 3.62. The average Bonchev–Trinajstić information content (AvgIpc) is 3.39. The summed E-state index contributed by atoms with van der Waals surface area (Å²) in [5, 5.41) is 15.6. The van der Waals surface area contributed by atoms with Crippen LogP contribution in [0.4, 0.5) is 4.39 Å². The molecule has 142 valence electrons. The molecule has 0 fully saturated rings. The average molecular weight is 376 g/mol. The van der Waals surface area contributed by atoms with Crippen LogP contribution in [0.2, 0.25) is 0 Å². The highest BCUT2D eigenvalue weighted by molar-refractivity contribution is 5.94. The van der Waals surface area contributed by atoms with Crippen molar-refractivity contribution in [3.63, 3.8) is 0 Å². The van der Waals surface area contributed by atoms with Crippen LogP contribution in [0.1, 0.15) is 23.1 Å².